The highest BCUT2D eigenvalue weighted by Crippen LogP contribution is 2.36. The molecule has 1 saturated heterocycles. The number of esters is 1. The van der Waals surface area contributed by atoms with Gasteiger partial charge >= 0.3 is 12.1 Å². The zero-order valence-corrected chi connectivity index (χ0v) is 21.6. The van der Waals surface area contributed by atoms with Crippen molar-refractivity contribution in [2.75, 3.05) is 38.2 Å². The molecule has 0 N–H and O–H groups in total. The molecule has 1 aliphatic heterocycles. The molecule has 36 heavy (non-hydrogen) atoms. The van der Waals surface area contributed by atoms with Crippen LogP contribution in [0.1, 0.15) is 36.8 Å². The molecule has 0 unspecified atom stereocenters. The number of aromatic nitrogens is 2. The van der Waals surface area contributed by atoms with Gasteiger partial charge in [0.05, 0.1) is 29.0 Å². The number of anilines is 1. The van der Waals surface area contributed by atoms with Crippen LogP contribution in [0.2, 0.25) is 5.02 Å². The molecule has 1 aliphatic rings. The Morgan fingerprint density at radius 2 is 1.75 bits per heavy atom. The molecule has 3 aromatic rings. The average Bonchev–Trinajstić information content (AvgIpc) is 2.82. The SMILES string of the molecule is COC(=O)c1c(C)nc(N2CCN(C(=O)OC(C)(C)C)CC2)c2cc(Cl)c(-c3ccccc3F)nc12. The number of methoxy groups -OCH3 is 1. The Morgan fingerprint density at radius 3 is 2.36 bits per heavy atom. The van der Waals surface area contributed by atoms with Gasteiger partial charge in [0, 0.05) is 37.1 Å². The van der Waals surface area contributed by atoms with Gasteiger partial charge in [-0.15, -0.1) is 0 Å². The Labute approximate surface area is 214 Å². The van der Waals surface area contributed by atoms with Crippen LogP contribution in [-0.4, -0.2) is 65.8 Å². The normalized spacial score (nSPS) is 14.2. The third kappa shape index (κ3) is 5.06. The highest BCUT2D eigenvalue weighted by molar-refractivity contribution is 6.34. The number of ether oxygens (including phenoxy) is 2. The summed E-state index contributed by atoms with van der Waals surface area (Å²) in [5.41, 5.74) is 0.805. The van der Waals surface area contributed by atoms with Crippen LogP contribution in [0.3, 0.4) is 0 Å². The molecule has 4 rings (SSSR count). The van der Waals surface area contributed by atoms with Crippen LogP contribution in [0.5, 0.6) is 0 Å². The third-order valence-corrected chi connectivity index (χ3v) is 6.13. The number of benzene rings is 1. The largest absolute Gasteiger partial charge is 0.465 e. The maximum absolute atomic E-state index is 14.6. The van der Waals surface area contributed by atoms with E-state index in [-0.39, 0.29) is 27.9 Å². The van der Waals surface area contributed by atoms with Crippen molar-refractivity contribution < 1.29 is 23.5 Å². The first-order valence-corrected chi connectivity index (χ1v) is 11.9. The number of piperazine rings is 1. The minimum absolute atomic E-state index is 0.192. The van der Waals surface area contributed by atoms with E-state index in [1.165, 1.54) is 13.2 Å². The Kier molecular flexibility index (Phi) is 7.04. The second kappa shape index (κ2) is 9.89. The minimum atomic E-state index is -0.597. The standard InChI is InChI=1S/C26H28ClFN4O4/c1-15-20(24(33)35-5)22-17(14-18(27)21(30-22)16-8-6-7-9-19(16)28)23(29-15)31-10-12-32(13-11-31)25(34)36-26(2,3)4/h6-9,14H,10-13H2,1-5H3. The number of pyridine rings is 2. The molecule has 0 aliphatic carbocycles. The summed E-state index contributed by atoms with van der Waals surface area (Å²) in [5, 5.41) is 0.763. The monoisotopic (exact) mass is 514 g/mol. The van der Waals surface area contributed by atoms with Crippen molar-refractivity contribution in [1.82, 2.24) is 14.9 Å². The maximum atomic E-state index is 14.6. The van der Waals surface area contributed by atoms with Crippen LogP contribution in [0.4, 0.5) is 15.0 Å². The summed E-state index contributed by atoms with van der Waals surface area (Å²) in [4.78, 5) is 38.2. The average molecular weight is 515 g/mol. The molecule has 0 saturated carbocycles. The first-order valence-electron chi connectivity index (χ1n) is 11.6. The van der Waals surface area contributed by atoms with E-state index in [1.54, 1.807) is 36.1 Å². The Morgan fingerprint density at radius 1 is 1.08 bits per heavy atom. The van der Waals surface area contributed by atoms with Crippen LogP contribution >= 0.6 is 11.6 Å². The van der Waals surface area contributed by atoms with E-state index in [4.69, 9.17) is 26.1 Å². The van der Waals surface area contributed by atoms with E-state index < -0.39 is 17.4 Å². The summed E-state index contributed by atoms with van der Waals surface area (Å²) in [6.45, 7) is 9.04. The fourth-order valence-corrected chi connectivity index (χ4v) is 4.41. The van der Waals surface area contributed by atoms with Gasteiger partial charge in [-0.3, -0.25) is 0 Å². The quantitative estimate of drug-likeness (QED) is 0.442. The van der Waals surface area contributed by atoms with Crippen molar-refractivity contribution in [2.45, 2.75) is 33.3 Å². The molecule has 8 nitrogen and oxygen atoms in total. The smallest absolute Gasteiger partial charge is 0.410 e. The molecule has 0 spiro atoms. The summed E-state index contributed by atoms with van der Waals surface area (Å²) >= 11 is 6.59. The number of amides is 1. The van der Waals surface area contributed by atoms with Crippen molar-refractivity contribution in [1.29, 1.82) is 0 Å². The van der Waals surface area contributed by atoms with Gasteiger partial charge in [-0.1, -0.05) is 23.7 Å². The van der Waals surface area contributed by atoms with Crippen LogP contribution in [-0.2, 0) is 9.47 Å². The molecular weight excluding hydrogens is 487 g/mol. The molecule has 190 valence electrons. The zero-order chi connectivity index (χ0) is 26.2. The molecule has 1 amide bonds. The summed E-state index contributed by atoms with van der Waals surface area (Å²) < 4.78 is 25.1. The molecule has 0 atom stereocenters. The van der Waals surface area contributed by atoms with Gasteiger partial charge < -0.3 is 19.3 Å². The van der Waals surface area contributed by atoms with Gasteiger partial charge in [0.25, 0.3) is 0 Å². The number of carbonyl (C=O) groups is 2. The van der Waals surface area contributed by atoms with Gasteiger partial charge in [-0.2, -0.15) is 0 Å². The predicted molar refractivity (Wildman–Crippen MR) is 136 cm³/mol. The second-order valence-electron chi connectivity index (χ2n) is 9.54. The highest BCUT2D eigenvalue weighted by Gasteiger charge is 2.29. The van der Waals surface area contributed by atoms with Crippen molar-refractivity contribution in [3.63, 3.8) is 0 Å². The summed E-state index contributed by atoms with van der Waals surface area (Å²) in [5.74, 6) is -0.496. The van der Waals surface area contributed by atoms with Gasteiger partial charge in [0.1, 0.15) is 22.8 Å². The summed E-state index contributed by atoms with van der Waals surface area (Å²) in [6.07, 6.45) is -0.364. The molecule has 3 heterocycles. The van der Waals surface area contributed by atoms with Gasteiger partial charge in [0.15, 0.2) is 0 Å². The van der Waals surface area contributed by atoms with E-state index in [2.05, 4.69) is 4.98 Å². The van der Waals surface area contributed by atoms with E-state index in [1.807, 2.05) is 25.7 Å². The first-order chi connectivity index (χ1) is 17.0. The van der Waals surface area contributed by atoms with Gasteiger partial charge in [-0.05, 0) is 45.9 Å². The molecule has 1 aromatic carbocycles. The molecule has 0 bridgehead atoms. The fraction of sp³-hybridized carbons (Fsp3) is 0.385. The Balaban J connectivity index is 1.77. The van der Waals surface area contributed by atoms with Crippen molar-refractivity contribution >= 4 is 40.4 Å². The number of halogens is 2. The third-order valence-electron chi connectivity index (χ3n) is 5.84. The maximum Gasteiger partial charge on any atom is 0.410 e. The second-order valence-corrected chi connectivity index (χ2v) is 9.94. The topological polar surface area (TPSA) is 84.9 Å². The number of hydrogen-bond donors (Lipinski definition) is 0. The molecule has 10 heteroatoms. The van der Waals surface area contributed by atoms with Crippen LogP contribution in [0.15, 0.2) is 30.3 Å². The van der Waals surface area contributed by atoms with Crippen molar-refractivity contribution in [2.24, 2.45) is 0 Å². The van der Waals surface area contributed by atoms with E-state index in [9.17, 15) is 14.0 Å². The minimum Gasteiger partial charge on any atom is -0.465 e. The van der Waals surface area contributed by atoms with Gasteiger partial charge in [0.2, 0.25) is 0 Å². The lowest BCUT2D eigenvalue weighted by atomic mass is 10.0. The highest BCUT2D eigenvalue weighted by atomic mass is 35.5. The first kappa shape index (κ1) is 25.6. The number of carbonyl (C=O) groups excluding carboxylic acids is 2. The van der Waals surface area contributed by atoms with E-state index in [0.29, 0.717) is 48.6 Å². The summed E-state index contributed by atoms with van der Waals surface area (Å²) in [7, 11) is 1.28. The lowest BCUT2D eigenvalue weighted by Gasteiger charge is -2.36. The molecule has 0 radical (unpaired) electrons. The lowest BCUT2D eigenvalue weighted by molar-refractivity contribution is 0.0240. The number of hydrogen-bond acceptors (Lipinski definition) is 7. The van der Waals surface area contributed by atoms with Crippen molar-refractivity contribution in [3.05, 3.63) is 52.4 Å². The number of rotatable bonds is 3. The van der Waals surface area contributed by atoms with Crippen LogP contribution in [0, 0.1) is 12.7 Å². The van der Waals surface area contributed by atoms with Crippen LogP contribution < -0.4 is 4.90 Å². The number of aryl methyl sites for hydroxylation is 1. The van der Waals surface area contributed by atoms with Crippen LogP contribution in [0.25, 0.3) is 22.2 Å². The Bertz CT molecular complexity index is 1330. The van der Waals surface area contributed by atoms with Gasteiger partial charge in [-0.25, -0.2) is 23.9 Å². The number of fused-ring (bicyclic) bond motifs is 1. The molecule has 1 fully saturated rings. The lowest BCUT2D eigenvalue weighted by Crippen LogP contribution is -2.50. The number of nitrogens with zero attached hydrogens (tertiary/aromatic N) is 4. The molecule has 2 aromatic heterocycles. The predicted octanol–water partition coefficient (Wildman–Crippen LogP) is 5.24. The molecular formula is C26H28ClFN4O4. The fourth-order valence-electron chi connectivity index (χ4n) is 4.15. The van der Waals surface area contributed by atoms with Crippen molar-refractivity contribution in [3.8, 4) is 11.3 Å². The van der Waals surface area contributed by atoms with E-state index in [0.717, 1.165) is 0 Å². The summed E-state index contributed by atoms with van der Waals surface area (Å²) in [6, 6.07) is 7.83. The Hall–Kier alpha value is -3.46. The zero-order valence-electron chi connectivity index (χ0n) is 20.9. The van der Waals surface area contributed by atoms with E-state index >= 15 is 0 Å².